The van der Waals surface area contributed by atoms with Gasteiger partial charge in [-0.3, -0.25) is 4.79 Å². The van der Waals surface area contributed by atoms with Gasteiger partial charge < -0.3 is 5.32 Å². The zero-order valence-electron chi connectivity index (χ0n) is 12.2. The van der Waals surface area contributed by atoms with Crippen LogP contribution in [0.4, 0.5) is 0 Å². The quantitative estimate of drug-likeness (QED) is 0.735. The molecule has 0 bridgehead atoms. The largest absolute Gasteiger partial charge is 0.359 e. The fourth-order valence-electron chi connectivity index (χ4n) is 2.98. The van der Waals surface area contributed by atoms with Crippen molar-refractivity contribution in [2.24, 2.45) is 5.92 Å². The van der Waals surface area contributed by atoms with Crippen molar-refractivity contribution in [3.63, 3.8) is 0 Å². The van der Waals surface area contributed by atoms with E-state index in [1.54, 1.807) is 7.05 Å². The first kappa shape index (κ1) is 15.5. The number of carbonyl (C=O) groups is 1. The van der Waals surface area contributed by atoms with E-state index in [1.165, 1.54) is 70.6 Å². The number of carbonyl (C=O) groups excluding carboxylic acids is 1. The van der Waals surface area contributed by atoms with Gasteiger partial charge in [-0.1, -0.05) is 70.6 Å². The maximum absolute atomic E-state index is 11.8. The number of nitrogens with one attached hydrogen (secondary N) is 1. The first-order chi connectivity index (χ1) is 8.84. The molecule has 0 aromatic heterocycles. The van der Waals surface area contributed by atoms with Crippen molar-refractivity contribution in [1.29, 1.82) is 0 Å². The Morgan fingerprint density at radius 1 is 0.722 bits per heavy atom. The topological polar surface area (TPSA) is 29.1 Å². The second kappa shape index (κ2) is 10.4. The molecular weight excluding hydrogens is 222 g/mol. The third-order valence-corrected chi connectivity index (χ3v) is 4.22. The minimum Gasteiger partial charge on any atom is -0.359 e. The molecule has 1 N–H and O–H groups in total. The number of hydrogen-bond acceptors (Lipinski definition) is 1. The lowest BCUT2D eigenvalue weighted by Crippen LogP contribution is -2.27. The van der Waals surface area contributed by atoms with Crippen LogP contribution in [0.3, 0.4) is 0 Å². The van der Waals surface area contributed by atoms with Crippen LogP contribution in [-0.2, 0) is 4.79 Å². The molecule has 1 amide bonds. The summed E-state index contributed by atoms with van der Waals surface area (Å²) in [4.78, 5) is 11.8. The van der Waals surface area contributed by atoms with E-state index in [1.807, 2.05) is 0 Å². The Labute approximate surface area is 113 Å². The predicted octanol–water partition coefficient (Wildman–Crippen LogP) is 4.43. The van der Waals surface area contributed by atoms with E-state index in [0.29, 0.717) is 0 Å². The van der Waals surface area contributed by atoms with Crippen molar-refractivity contribution >= 4 is 5.91 Å². The lowest BCUT2D eigenvalue weighted by Gasteiger charge is -2.15. The molecule has 0 aliphatic heterocycles. The van der Waals surface area contributed by atoms with Gasteiger partial charge in [-0.15, -0.1) is 0 Å². The Balaban J connectivity index is 2.31. The molecule has 1 aliphatic rings. The Hall–Kier alpha value is -0.530. The van der Waals surface area contributed by atoms with E-state index in [2.05, 4.69) is 5.32 Å². The zero-order valence-corrected chi connectivity index (χ0v) is 12.2. The van der Waals surface area contributed by atoms with Gasteiger partial charge in [0.15, 0.2) is 0 Å². The van der Waals surface area contributed by atoms with Crippen LogP contribution in [0.2, 0.25) is 0 Å². The van der Waals surface area contributed by atoms with Gasteiger partial charge in [0.05, 0.1) is 0 Å². The summed E-state index contributed by atoms with van der Waals surface area (Å²) in [6.45, 7) is 0. The van der Waals surface area contributed by atoms with E-state index in [9.17, 15) is 4.79 Å². The maximum atomic E-state index is 11.8. The van der Waals surface area contributed by atoms with Crippen molar-refractivity contribution in [1.82, 2.24) is 5.32 Å². The number of rotatable bonds is 1. The molecule has 0 unspecified atom stereocenters. The van der Waals surface area contributed by atoms with Gasteiger partial charge in [0, 0.05) is 13.0 Å². The summed E-state index contributed by atoms with van der Waals surface area (Å²) in [7, 11) is 1.77. The summed E-state index contributed by atoms with van der Waals surface area (Å²) < 4.78 is 0. The first-order valence-corrected chi connectivity index (χ1v) is 8.06. The smallest absolute Gasteiger partial charge is 0.222 e. The Morgan fingerprint density at radius 3 is 1.39 bits per heavy atom. The zero-order chi connectivity index (χ0) is 13.1. The molecule has 0 spiro atoms. The second-order valence-electron chi connectivity index (χ2n) is 5.78. The number of amides is 1. The van der Waals surface area contributed by atoms with Gasteiger partial charge >= 0.3 is 0 Å². The van der Waals surface area contributed by atoms with Crippen molar-refractivity contribution in [2.45, 2.75) is 83.5 Å². The number of hydrogen-bond donors (Lipinski definition) is 1. The molecule has 0 heterocycles. The van der Waals surface area contributed by atoms with Crippen LogP contribution in [0.5, 0.6) is 0 Å². The SMILES string of the molecule is CNC(=O)C1CCCCCCCCCCCCC1. The minimum absolute atomic E-state index is 0.266. The minimum atomic E-state index is 0.266. The highest BCUT2D eigenvalue weighted by atomic mass is 16.1. The lowest BCUT2D eigenvalue weighted by atomic mass is 9.92. The standard InChI is InChI=1S/C16H31NO/c1-17-16(18)15-13-11-9-7-5-3-2-4-6-8-10-12-14-15/h15H,2-14H2,1H3,(H,17,18). The third-order valence-electron chi connectivity index (χ3n) is 4.22. The average molecular weight is 253 g/mol. The second-order valence-corrected chi connectivity index (χ2v) is 5.78. The van der Waals surface area contributed by atoms with Gasteiger partial charge in [-0.2, -0.15) is 0 Å². The van der Waals surface area contributed by atoms with E-state index in [0.717, 1.165) is 12.8 Å². The van der Waals surface area contributed by atoms with Crippen molar-refractivity contribution in [2.75, 3.05) is 7.05 Å². The van der Waals surface area contributed by atoms with Crippen molar-refractivity contribution in [3.8, 4) is 0 Å². The van der Waals surface area contributed by atoms with Crippen LogP contribution in [0.15, 0.2) is 0 Å². The normalized spacial score (nSPS) is 22.1. The summed E-state index contributed by atoms with van der Waals surface area (Å²) in [5, 5.41) is 2.83. The average Bonchev–Trinajstić information content (AvgIpc) is 2.40. The third kappa shape index (κ3) is 7.03. The summed E-state index contributed by atoms with van der Waals surface area (Å²) in [5.74, 6) is 0.542. The van der Waals surface area contributed by atoms with Crippen LogP contribution in [0.1, 0.15) is 83.5 Å². The van der Waals surface area contributed by atoms with Gasteiger partial charge in [0.25, 0.3) is 0 Å². The molecule has 1 saturated carbocycles. The molecule has 1 aliphatic carbocycles. The molecule has 1 rings (SSSR count). The summed E-state index contributed by atoms with van der Waals surface area (Å²) in [6.07, 6.45) is 17.1. The Bertz CT molecular complexity index is 201. The molecule has 0 radical (unpaired) electrons. The molecule has 0 saturated heterocycles. The molecule has 106 valence electrons. The molecule has 1 fully saturated rings. The van der Waals surface area contributed by atoms with Crippen LogP contribution in [0.25, 0.3) is 0 Å². The van der Waals surface area contributed by atoms with Crippen LogP contribution >= 0.6 is 0 Å². The summed E-state index contributed by atoms with van der Waals surface area (Å²) >= 11 is 0. The molecule has 18 heavy (non-hydrogen) atoms. The molecule has 0 aromatic carbocycles. The summed E-state index contributed by atoms with van der Waals surface area (Å²) in [5.41, 5.74) is 0. The fraction of sp³-hybridized carbons (Fsp3) is 0.938. The lowest BCUT2D eigenvalue weighted by molar-refractivity contribution is -0.125. The van der Waals surface area contributed by atoms with E-state index in [4.69, 9.17) is 0 Å². The first-order valence-electron chi connectivity index (χ1n) is 8.06. The molecular formula is C16H31NO. The molecule has 0 aromatic rings. The van der Waals surface area contributed by atoms with E-state index < -0.39 is 0 Å². The monoisotopic (exact) mass is 253 g/mol. The summed E-state index contributed by atoms with van der Waals surface area (Å²) in [6, 6.07) is 0. The van der Waals surface area contributed by atoms with Gasteiger partial charge in [-0.25, -0.2) is 0 Å². The van der Waals surface area contributed by atoms with Crippen molar-refractivity contribution in [3.05, 3.63) is 0 Å². The molecule has 0 atom stereocenters. The van der Waals surface area contributed by atoms with Crippen LogP contribution < -0.4 is 5.32 Å². The van der Waals surface area contributed by atoms with Crippen LogP contribution in [0, 0.1) is 5.92 Å². The predicted molar refractivity (Wildman–Crippen MR) is 77.6 cm³/mol. The molecule has 2 heteroatoms. The van der Waals surface area contributed by atoms with Gasteiger partial charge in [0.2, 0.25) is 5.91 Å². The Kier molecular flexibility index (Phi) is 8.97. The molecule has 2 nitrogen and oxygen atoms in total. The fourth-order valence-corrected chi connectivity index (χ4v) is 2.98. The highest BCUT2D eigenvalue weighted by Gasteiger charge is 2.16. The van der Waals surface area contributed by atoms with Gasteiger partial charge in [0.1, 0.15) is 0 Å². The van der Waals surface area contributed by atoms with Crippen LogP contribution in [-0.4, -0.2) is 13.0 Å². The van der Waals surface area contributed by atoms with E-state index >= 15 is 0 Å². The Morgan fingerprint density at radius 2 is 1.06 bits per heavy atom. The van der Waals surface area contributed by atoms with E-state index in [-0.39, 0.29) is 11.8 Å². The van der Waals surface area contributed by atoms with Crippen molar-refractivity contribution < 1.29 is 4.79 Å². The highest BCUT2D eigenvalue weighted by molar-refractivity contribution is 5.78. The maximum Gasteiger partial charge on any atom is 0.222 e. The highest BCUT2D eigenvalue weighted by Crippen LogP contribution is 2.20. The van der Waals surface area contributed by atoms with Gasteiger partial charge in [-0.05, 0) is 12.8 Å².